The molecule has 0 fully saturated rings. The Morgan fingerprint density at radius 2 is 1.91 bits per heavy atom. The third-order valence-electron chi connectivity index (χ3n) is 3.21. The van der Waals surface area contributed by atoms with Crippen LogP contribution in [0.3, 0.4) is 0 Å². The van der Waals surface area contributed by atoms with Gasteiger partial charge >= 0.3 is 5.69 Å². The number of phenols is 1. The fourth-order valence-corrected chi connectivity index (χ4v) is 2.00. The second-order valence-electron chi connectivity index (χ2n) is 4.83. The minimum absolute atomic E-state index is 0.0969. The molecular formula is C16H14N4O2. The Hall–Kier alpha value is -3.15. The average Bonchev–Trinajstić information content (AvgIpc) is 2.88. The van der Waals surface area contributed by atoms with Crippen molar-refractivity contribution in [2.24, 2.45) is 5.10 Å². The molecule has 6 nitrogen and oxygen atoms in total. The molecule has 0 atom stereocenters. The van der Waals surface area contributed by atoms with Crippen LogP contribution in [-0.4, -0.2) is 26.2 Å². The molecule has 110 valence electrons. The van der Waals surface area contributed by atoms with Crippen LogP contribution in [0.15, 0.2) is 58.4 Å². The van der Waals surface area contributed by atoms with E-state index >= 15 is 0 Å². The molecule has 0 aliphatic heterocycles. The van der Waals surface area contributed by atoms with E-state index in [2.05, 4.69) is 15.3 Å². The highest BCUT2D eigenvalue weighted by Gasteiger charge is 2.09. The molecule has 2 N–H and O–H groups in total. The van der Waals surface area contributed by atoms with Gasteiger partial charge in [-0.1, -0.05) is 42.0 Å². The molecule has 0 saturated carbocycles. The molecule has 0 bridgehead atoms. The van der Waals surface area contributed by atoms with Crippen molar-refractivity contribution in [3.8, 4) is 17.1 Å². The standard InChI is InChI=1S/C16H14N4O2/c1-11-6-8-12(9-7-11)15-18-19-16(22)20(15)17-10-13-4-2-3-5-14(13)21/h2-10,21H,1H3,(H,19,22)/b17-10-. The van der Waals surface area contributed by atoms with Gasteiger partial charge in [0.1, 0.15) is 5.75 Å². The van der Waals surface area contributed by atoms with Crippen molar-refractivity contribution in [3.63, 3.8) is 0 Å². The molecule has 0 spiro atoms. The number of hydrogen-bond donors (Lipinski definition) is 2. The molecule has 1 heterocycles. The van der Waals surface area contributed by atoms with Crippen LogP contribution in [0.1, 0.15) is 11.1 Å². The van der Waals surface area contributed by atoms with E-state index in [1.807, 2.05) is 31.2 Å². The number of nitrogens with one attached hydrogen (secondary N) is 1. The number of hydrogen-bond acceptors (Lipinski definition) is 4. The molecule has 22 heavy (non-hydrogen) atoms. The van der Waals surface area contributed by atoms with Gasteiger partial charge in [-0.25, -0.2) is 9.89 Å². The molecule has 0 unspecified atom stereocenters. The summed E-state index contributed by atoms with van der Waals surface area (Å²) in [6.07, 6.45) is 1.42. The predicted molar refractivity (Wildman–Crippen MR) is 84.1 cm³/mol. The Kier molecular flexibility index (Phi) is 3.57. The van der Waals surface area contributed by atoms with Crippen LogP contribution < -0.4 is 5.69 Å². The molecule has 6 heteroatoms. The summed E-state index contributed by atoms with van der Waals surface area (Å²) in [5.41, 5.74) is 1.97. The van der Waals surface area contributed by atoms with E-state index in [0.29, 0.717) is 11.4 Å². The zero-order chi connectivity index (χ0) is 15.5. The number of H-pyrrole nitrogens is 1. The molecule has 3 aromatic rings. The van der Waals surface area contributed by atoms with Gasteiger partial charge in [-0.3, -0.25) is 0 Å². The first-order valence-corrected chi connectivity index (χ1v) is 6.72. The van der Waals surface area contributed by atoms with E-state index in [0.717, 1.165) is 15.8 Å². The Labute approximate surface area is 126 Å². The van der Waals surface area contributed by atoms with E-state index in [4.69, 9.17) is 0 Å². The zero-order valence-electron chi connectivity index (χ0n) is 11.9. The summed E-state index contributed by atoms with van der Waals surface area (Å²) < 4.78 is 1.16. The highest BCUT2D eigenvalue weighted by atomic mass is 16.3. The lowest BCUT2D eigenvalue weighted by Crippen LogP contribution is -2.13. The molecule has 0 aliphatic carbocycles. The fourth-order valence-electron chi connectivity index (χ4n) is 2.00. The maximum absolute atomic E-state index is 11.9. The Morgan fingerprint density at radius 1 is 1.18 bits per heavy atom. The summed E-state index contributed by atoms with van der Waals surface area (Å²) in [5.74, 6) is 0.511. The first-order valence-electron chi connectivity index (χ1n) is 6.72. The molecular weight excluding hydrogens is 280 g/mol. The number of para-hydroxylation sites is 1. The topological polar surface area (TPSA) is 83.3 Å². The lowest BCUT2D eigenvalue weighted by Gasteiger charge is -2.01. The van der Waals surface area contributed by atoms with E-state index < -0.39 is 5.69 Å². The van der Waals surface area contributed by atoms with E-state index in [9.17, 15) is 9.90 Å². The van der Waals surface area contributed by atoms with Crippen LogP contribution in [-0.2, 0) is 0 Å². The van der Waals surface area contributed by atoms with Crippen molar-refractivity contribution in [2.45, 2.75) is 6.92 Å². The van der Waals surface area contributed by atoms with Gasteiger partial charge in [0.15, 0.2) is 5.82 Å². The van der Waals surface area contributed by atoms with Crippen LogP contribution in [0.5, 0.6) is 5.75 Å². The van der Waals surface area contributed by atoms with Crippen LogP contribution in [0.2, 0.25) is 0 Å². The van der Waals surface area contributed by atoms with Gasteiger partial charge in [0.25, 0.3) is 0 Å². The van der Waals surface area contributed by atoms with Gasteiger partial charge in [0, 0.05) is 11.1 Å². The SMILES string of the molecule is Cc1ccc(-c2n[nH]c(=O)n2/N=C\c2ccccc2O)cc1. The van der Waals surface area contributed by atoms with Gasteiger partial charge in [-0.2, -0.15) is 14.9 Å². The van der Waals surface area contributed by atoms with Crippen molar-refractivity contribution < 1.29 is 5.11 Å². The number of aromatic nitrogens is 3. The Bertz CT molecular complexity index is 876. The summed E-state index contributed by atoms with van der Waals surface area (Å²) in [4.78, 5) is 11.9. The number of aromatic hydroxyl groups is 1. The monoisotopic (exact) mass is 294 g/mol. The van der Waals surface area contributed by atoms with Crippen molar-refractivity contribution in [1.29, 1.82) is 0 Å². The van der Waals surface area contributed by atoms with Crippen LogP contribution >= 0.6 is 0 Å². The van der Waals surface area contributed by atoms with Crippen molar-refractivity contribution in [3.05, 3.63) is 70.1 Å². The van der Waals surface area contributed by atoms with Gasteiger partial charge in [0.05, 0.1) is 6.21 Å². The van der Waals surface area contributed by atoms with Gasteiger partial charge in [-0.05, 0) is 19.1 Å². The maximum Gasteiger partial charge on any atom is 0.364 e. The smallest absolute Gasteiger partial charge is 0.364 e. The number of benzene rings is 2. The molecule has 0 amide bonds. The molecule has 1 aromatic heterocycles. The molecule has 0 aliphatic rings. The highest BCUT2D eigenvalue weighted by Crippen LogP contribution is 2.16. The van der Waals surface area contributed by atoms with Gasteiger partial charge in [-0.15, -0.1) is 0 Å². The first kappa shape index (κ1) is 13.8. The second kappa shape index (κ2) is 5.69. The average molecular weight is 294 g/mol. The third kappa shape index (κ3) is 2.67. The fraction of sp³-hybridized carbons (Fsp3) is 0.0625. The highest BCUT2D eigenvalue weighted by molar-refractivity contribution is 5.83. The summed E-state index contributed by atoms with van der Waals surface area (Å²) in [6, 6.07) is 14.4. The van der Waals surface area contributed by atoms with Crippen molar-refractivity contribution >= 4 is 6.21 Å². The summed E-state index contributed by atoms with van der Waals surface area (Å²) in [6.45, 7) is 1.98. The summed E-state index contributed by atoms with van der Waals surface area (Å²) >= 11 is 0. The quantitative estimate of drug-likeness (QED) is 0.726. The largest absolute Gasteiger partial charge is 0.507 e. The van der Waals surface area contributed by atoms with Crippen molar-refractivity contribution in [2.75, 3.05) is 0 Å². The predicted octanol–water partition coefficient (Wildman–Crippen LogP) is 2.13. The maximum atomic E-state index is 11.9. The lowest BCUT2D eigenvalue weighted by molar-refractivity contribution is 0.474. The lowest BCUT2D eigenvalue weighted by atomic mass is 10.1. The van der Waals surface area contributed by atoms with E-state index in [1.165, 1.54) is 6.21 Å². The normalized spacial score (nSPS) is 11.1. The number of aryl methyl sites for hydroxylation is 1. The summed E-state index contributed by atoms with van der Waals surface area (Å²) in [5, 5.41) is 20.2. The zero-order valence-corrected chi connectivity index (χ0v) is 11.9. The van der Waals surface area contributed by atoms with Crippen molar-refractivity contribution in [1.82, 2.24) is 14.9 Å². The Balaban J connectivity index is 2.01. The Morgan fingerprint density at radius 3 is 2.64 bits per heavy atom. The molecule has 0 radical (unpaired) electrons. The van der Waals surface area contributed by atoms with Gasteiger partial charge < -0.3 is 5.11 Å². The second-order valence-corrected chi connectivity index (χ2v) is 4.83. The van der Waals surface area contributed by atoms with E-state index in [1.54, 1.807) is 24.3 Å². The van der Waals surface area contributed by atoms with Crippen LogP contribution in [0, 0.1) is 6.92 Å². The molecule has 2 aromatic carbocycles. The van der Waals surface area contributed by atoms with Crippen LogP contribution in [0.25, 0.3) is 11.4 Å². The van der Waals surface area contributed by atoms with E-state index in [-0.39, 0.29) is 5.75 Å². The number of rotatable bonds is 3. The molecule has 3 rings (SSSR count). The van der Waals surface area contributed by atoms with Gasteiger partial charge in [0.2, 0.25) is 0 Å². The number of phenolic OH excluding ortho intramolecular Hbond substituents is 1. The van der Waals surface area contributed by atoms with Crippen LogP contribution in [0.4, 0.5) is 0 Å². The third-order valence-corrected chi connectivity index (χ3v) is 3.21. The minimum atomic E-state index is -0.442. The number of aromatic amines is 1. The minimum Gasteiger partial charge on any atom is -0.507 e. The first-order chi connectivity index (χ1) is 10.6. The summed E-state index contributed by atoms with van der Waals surface area (Å²) in [7, 11) is 0. The molecule has 0 saturated heterocycles. The number of nitrogens with zero attached hydrogens (tertiary/aromatic N) is 3.